The van der Waals surface area contributed by atoms with Crippen LogP contribution in [0.4, 0.5) is 0 Å². The molecule has 0 rings (SSSR count). The predicted octanol–water partition coefficient (Wildman–Crippen LogP) is 9.52. The number of carbonyl (C=O) groups excluding carboxylic acids is 2. The van der Waals surface area contributed by atoms with Crippen LogP contribution in [0.1, 0.15) is 155 Å². The second-order valence-corrected chi connectivity index (χ2v) is 9.84. The van der Waals surface area contributed by atoms with Crippen molar-refractivity contribution in [1.82, 2.24) is 0 Å². The van der Waals surface area contributed by atoms with Gasteiger partial charge < -0.3 is 9.53 Å². The Morgan fingerprint density at radius 1 is 0.667 bits per heavy atom. The summed E-state index contributed by atoms with van der Waals surface area (Å²) in [6.45, 7) is 4.89. The quantitative estimate of drug-likeness (QED) is 0.0554. The highest BCUT2D eigenvalue weighted by atomic mass is 16.5. The third-order valence-electron chi connectivity index (χ3n) is 6.62. The third-order valence-corrected chi connectivity index (χ3v) is 6.62. The summed E-state index contributed by atoms with van der Waals surface area (Å²) in [5.41, 5.74) is 0. The Labute approximate surface area is 206 Å². The molecule has 1 atom stereocenters. The van der Waals surface area contributed by atoms with Crippen molar-refractivity contribution >= 4 is 12.3 Å². The summed E-state index contributed by atoms with van der Waals surface area (Å²) in [7, 11) is 0. The highest BCUT2D eigenvalue weighted by Crippen LogP contribution is 2.21. The van der Waals surface area contributed by atoms with Crippen molar-refractivity contribution in [3.05, 3.63) is 12.2 Å². The summed E-state index contributed by atoms with van der Waals surface area (Å²) in [4.78, 5) is 22.7. The van der Waals surface area contributed by atoms with Gasteiger partial charge in [-0.15, -0.1) is 0 Å². The molecule has 1 unspecified atom stereocenters. The molecule has 0 aromatic heterocycles. The van der Waals surface area contributed by atoms with Crippen LogP contribution in [-0.4, -0.2) is 18.9 Å². The maximum absolute atomic E-state index is 11.7. The van der Waals surface area contributed by atoms with E-state index in [2.05, 4.69) is 19.9 Å². The van der Waals surface area contributed by atoms with Gasteiger partial charge in [0.05, 0.1) is 0 Å². The Morgan fingerprint density at radius 3 is 1.76 bits per heavy atom. The number of rotatable bonds is 26. The van der Waals surface area contributed by atoms with Gasteiger partial charge in [-0.3, -0.25) is 4.79 Å². The van der Waals surface area contributed by atoms with Gasteiger partial charge in [0.1, 0.15) is 12.9 Å². The number of carbonyl (C=O) groups is 2. The molecule has 3 nitrogen and oxygen atoms in total. The summed E-state index contributed by atoms with van der Waals surface area (Å²) in [6, 6.07) is 0. The Morgan fingerprint density at radius 2 is 1.18 bits per heavy atom. The van der Waals surface area contributed by atoms with Crippen LogP contribution in [0.25, 0.3) is 0 Å². The Hall–Kier alpha value is -1.12. The average molecular weight is 465 g/mol. The molecule has 0 aliphatic rings. The first-order valence-electron chi connectivity index (χ1n) is 14.5. The Kier molecular flexibility index (Phi) is 26.2. The molecule has 0 saturated carbocycles. The number of hydrogen-bond acceptors (Lipinski definition) is 3. The molecular formula is C30H56O3. The average Bonchev–Trinajstić information content (AvgIpc) is 2.81. The molecule has 194 valence electrons. The number of ether oxygens (including phenoxy) is 1. The second-order valence-electron chi connectivity index (χ2n) is 9.84. The van der Waals surface area contributed by atoms with Crippen LogP contribution < -0.4 is 0 Å². The van der Waals surface area contributed by atoms with Gasteiger partial charge >= 0.3 is 5.97 Å². The Balaban J connectivity index is 3.50. The summed E-state index contributed by atoms with van der Waals surface area (Å²) < 4.78 is 5.26. The van der Waals surface area contributed by atoms with Crippen molar-refractivity contribution in [1.29, 1.82) is 0 Å². The molecule has 0 aromatic carbocycles. The van der Waals surface area contributed by atoms with Crippen LogP contribution >= 0.6 is 0 Å². The van der Waals surface area contributed by atoms with Crippen molar-refractivity contribution in [3.8, 4) is 0 Å². The zero-order valence-corrected chi connectivity index (χ0v) is 22.3. The minimum Gasteiger partial charge on any atom is -0.461 e. The first kappa shape index (κ1) is 31.9. The SMILES string of the molecule is CCCCCC=CCOC(=O)CCCCCCCCCC(CC=O)CCCCCCCCC. The van der Waals surface area contributed by atoms with Crippen molar-refractivity contribution in [2.45, 2.75) is 155 Å². The summed E-state index contributed by atoms with van der Waals surface area (Å²) >= 11 is 0. The first-order valence-corrected chi connectivity index (χ1v) is 14.5. The fraction of sp³-hybridized carbons (Fsp3) is 0.867. The zero-order valence-electron chi connectivity index (χ0n) is 22.3. The molecule has 0 saturated heterocycles. The van der Waals surface area contributed by atoms with Crippen LogP contribution in [0, 0.1) is 5.92 Å². The van der Waals surface area contributed by atoms with Crippen LogP contribution in [0.5, 0.6) is 0 Å². The lowest BCUT2D eigenvalue weighted by molar-refractivity contribution is -0.142. The predicted molar refractivity (Wildman–Crippen MR) is 143 cm³/mol. The molecule has 0 aliphatic heterocycles. The van der Waals surface area contributed by atoms with Gasteiger partial charge in [-0.05, 0) is 25.2 Å². The number of hydrogen-bond donors (Lipinski definition) is 0. The molecule has 33 heavy (non-hydrogen) atoms. The first-order chi connectivity index (χ1) is 16.2. The topological polar surface area (TPSA) is 43.4 Å². The highest BCUT2D eigenvalue weighted by molar-refractivity contribution is 5.69. The van der Waals surface area contributed by atoms with Crippen LogP contribution in [0.2, 0.25) is 0 Å². The van der Waals surface area contributed by atoms with Crippen LogP contribution in [0.3, 0.4) is 0 Å². The van der Waals surface area contributed by atoms with Crippen LogP contribution in [0.15, 0.2) is 12.2 Å². The van der Waals surface area contributed by atoms with Gasteiger partial charge in [-0.25, -0.2) is 0 Å². The standard InChI is InChI=1S/C30H56O3/c1-3-5-7-9-12-15-19-23-29(26-27-31)24-20-16-13-11-14-17-21-25-30(32)33-28-22-18-10-8-6-4-2/h18,22,27,29H,3-17,19-21,23-26,28H2,1-2H3. The molecule has 0 radical (unpaired) electrons. The normalized spacial score (nSPS) is 12.3. The van der Waals surface area contributed by atoms with E-state index in [4.69, 9.17) is 4.74 Å². The van der Waals surface area contributed by atoms with Gasteiger partial charge in [0.15, 0.2) is 0 Å². The molecule has 0 spiro atoms. The van der Waals surface area contributed by atoms with Gasteiger partial charge in [0.25, 0.3) is 0 Å². The fourth-order valence-electron chi connectivity index (χ4n) is 4.40. The van der Waals surface area contributed by atoms with Gasteiger partial charge in [0, 0.05) is 12.8 Å². The molecule has 0 aromatic rings. The summed E-state index contributed by atoms with van der Waals surface area (Å²) in [5.74, 6) is 0.547. The van der Waals surface area contributed by atoms with E-state index in [1.165, 1.54) is 109 Å². The minimum atomic E-state index is -0.0598. The maximum atomic E-state index is 11.7. The number of allylic oxidation sites excluding steroid dienone is 1. The molecular weight excluding hydrogens is 408 g/mol. The van der Waals surface area contributed by atoms with E-state index >= 15 is 0 Å². The largest absolute Gasteiger partial charge is 0.461 e. The molecule has 0 bridgehead atoms. The van der Waals surface area contributed by atoms with Gasteiger partial charge in [-0.1, -0.05) is 135 Å². The van der Waals surface area contributed by atoms with Crippen molar-refractivity contribution in [3.63, 3.8) is 0 Å². The maximum Gasteiger partial charge on any atom is 0.306 e. The van der Waals surface area contributed by atoms with Crippen molar-refractivity contribution in [2.24, 2.45) is 5.92 Å². The van der Waals surface area contributed by atoms with E-state index < -0.39 is 0 Å². The highest BCUT2D eigenvalue weighted by Gasteiger charge is 2.08. The van der Waals surface area contributed by atoms with Crippen molar-refractivity contribution < 1.29 is 14.3 Å². The zero-order chi connectivity index (χ0) is 24.2. The van der Waals surface area contributed by atoms with E-state index in [0.717, 1.165) is 32.0 Å². The lowest BCUT2D eigenvalue weighted by Gasteiger charge is -2.14. The molecule has 0 amide bonds. The lowest BCUT2D eigenvalue weighted by atomic mass is 9.92. The molecule has 3 heteroatoms. The van der Waals surface area contributed by atoms with E-state index in [1.807, 2.05) is 6.08 Å². The minimum absolute atomic E-state index is 0.0598. The number of unbranched alkanes of at least 4 members (excludes halogenated alkanes) is 15. The summed E-state index contributed by atoms with van der Waals surface area (Å²) in [6.07, 6.45) is 31.6. The van der Waals surface area contributed by atoms with Crippen LogP contribution in [-0.2, 0) is 14.3 Å². The van der Waals surface area contributed by atoms with E-state index in [1.54, 1.807) is 0 Å². The molecule has 0 aliphatic carbocycles. The smallest absolute Gasteiger partial charge is 0.306 e. The number of esters is 1. The van der Waals surface area contributed by atoms with E-state index in [9.17, 15) is 9.59 Å². The van der Waals surface area contributed by atoms with E-state index in [0.29, 0.717) is 18.9 Å². The Bertz CT molecular complexity index is 444. The molecule has 0 heterocycles. The van der Waals surface area contributed by atoms with E-state index in [-0.39, 0.29) is 5.97 Å². The third kappa shape index (κ3) is 25.3. The lowest BCUT2D eigenvalue weighted by Crippen LogP contribution is -2.04. The summed E-state index contributed by atoms with van der Waals surface area (Å²) in [5, 5.41) is 0. The fourth-order valence-corrected chi connectivity index (χ4v) is 4.40. The van der Waals surface area contributed by atoms with Gasteiger partial charge in [0.2, 0.25) is 0 Å². The molecule has 0 fully saturated rings. The second kappa shape index (κ2) is 27.1. The number of aldehydes is 1. The monoisotopic (exact) mass is 464 g/mol. The molecule has 0 N–H and O–H groups in total. The van der Waals surface area contributed by atoms with Gasteiger partial charge in [-0.2, -0.15) is 0 Å². The van der Waals surface area contributed by atoms with Crippen molar-refractivity contribution in [2.75, 3.05) is 6.61 Å².